The molecule has 17 heavy (non-hydrogen) atoms. The van der Waals surface area contributed by atoms with E-state index in [1.807, 2.05) is 20.8 Å². The Hall–Kier alpha value is 0.200. The lowest BCUT2D eigenvalue weighted by Gasteiger charge is -2.31. The Morgan fingerprint density at radius 2 is 1.82 bits per heavy atom. The fourth-order valence-electron chi connectivity index (χ4n) is 2.27. The first-order chi connectivity index (χ1) is 7.77. The summed E-state index contributed by atoms with van der Waals surface area (Å²) in [7, 11) is -3.17. The van der Waals surface area contributed by atoms with Crippen molar-refractivity contribution in [3.63, 3.8) is 0 Å². The van der Waals surface area contributed by atoms with Crippen LogP contribution in [0.3, 0.4) is 0 Å². The summed E-state index contributed by atoms with van der Waals surface area (Å²) >= 11 is 5.76. The van der Waals surface area contributed by atoms with Gasteiger partial charge in [-0.25, -0.2) is 13.1 Å². The lowest BCUT2D eigenvalue weighted by molar-refractivity contribution is 0.292. The molecule has 5 heteroatoms. The summed E-state index contributed by atoms with van der Waals surface area (Å²) in [5, 5.41) is -0.192. The number of rotatable bonds is 5. The molecule has 0 heterocycles. The summed E-state index contributed by atoms with van der Waals surface area (Å²) in [4.78, 5) is 0. The normalized spacial score (nSPS) is 20.7. The van der Waals surface area contributed by atoms with E-state index in [1.165, 1.54) is 0 Å². The molecule has 0 radical (unpaired) electrons. The predicted molar refractivity (Wildman–Crippen MR) is 72.9 cm³/mol. The molecule has 0 aromatic rings. The van der Waals surface area contributed by atoms with Crippen molar-refractivity contribution in [2.45, 2.75) is 64.2 Å². The van der Waals surface area contributed by atoms with E-state index in [0.717, 1.165) is 25.7 Å². The van der Waals surface area contributed by atoms with Crippen LogP contribution >= 0.6 is 11.6 Å². The average molecular weight is 282 g/mol. The maximum atomic E-state index is 12.2. The smallest absolute Gasteiger partial charge is 0.212 e. The van der Waals surface area contributed by atoms with Crippen molar-refractivity contribution in [2.75, 3.05) is 5.88 Å². The van der Waals surface area contributed by atoms with E-state index in [0.29, 0.717) is 12.3 Å². The Morgan fingerprint density at radius 3 is 2.24 bits per heavy atom. The fourth-order valence-corrected chi connectivity index (χ4v) is 4.50. The number of halogens is 1. The van der Waals surface area contributed by atoms with Gasteiger partial charge in [-0.15, -0.1) is 11.6 Å². The molecule has 1 rings (SSSR count). The van der Waals surface area contributed by atoms with Crippen LogP contribution in [0.25, 0.3) is 0 Å². The molecule has 0 amide bonds. The summed E-state index contributed by atoms with van der Waals surface area (Å²) in [5.41, 5.74) is -0.0967. The Morgan fingerprint density at radius 1 is 1.29 bits per heavy atom. The third-order valence-corrected chi connectivity index (χ3v) is 5.67. The molecular formula is C12H24ClNO2S. The molecule has 0 aromatic heterocycles. The van der Waals surface area contributed by atoms with E-state index in [2.05, 4.69) is 4.72 Å². The van der Waals surface area contributed by atoms with Crippen molar-refractivity contribution in [1.82, 2.24) is 4.72 Å². The van der Waals surface area contributed by atoms with Gasteiger partial charge in [0.2, 0.25) is 10.0 Å². The van der Waals surface area contributed by atoms with Crippen LogP contribution in [0.2, 0.25) is 0 Å². The third kappa shape index (κ3) is 4.42. The van der Waals surface area contributed by atoms with Gasteiger partial charge in [0.05, 0.1) is 5.25 Å². The van der Waals surface area contributed by atoms with Crippen LogP contribution in [-0.4, -0.2) is 25.6 Å². The summed E-state index contributed by atoms with van der Waals surface area (Å²) in [5.74, 6) is 0.481. The van der Waals surface area contributed by atoms with Crippen molar-refractivity contribution >= 4 is 21.6 Å². The molecular weight excluding hydrogens is 258 g/mol. The van der Waals surface area contributed by atoms with E-state index in [1.54, 1.807) is 0 Å². The van der Waals surface area contributed by atoms with Gasteiger partial charge in [-0.3, -0.25) is 0 Å². The second kappa shape index (κ2) is 5.89. The van der Waals surface area contributed by atoms with Crippen molar-refractivity contribution in [2.24, 2.45) is 5.41 Å². The second-order valence-corrected chi connectivity index (χ2v) is 8.34. The first kappa shape index (κ1) is 15.3. The Labute approximate surface area is 110 Å². The van der Waals surface area contributed by atoms with E-state index in [4.69, 9.17) is 11.6 Å². The molecule has 0 spiro atoms. The molecule has 1 aliphatic carbocycles. The molecule has 0 aliphatic heterocycles. The van der Waals surface area contributed by atoms with Crippen molar-refractivity contribution < 1.29 is 8.42 Å². The molecule has 0 aromatic carbocycles. The Balaban J connectivity index is 2.72. The molecule has 1 fully saturated rings. The van der Waals surface area contributed by atoms with Gasteiger partial charge >= 0.3 is 0 Å². The van der Waals surface area contributed by atoms with Gasteiger partial charge in [0.25, 0.3) is 0 Å². The minimum atomic E-state index is -3.17. The number of hydrogen-bond donors (Lipinski definition) is 1. The molecule has 1 saturated carbocycles. The molecule has 1 N–H and O–H groups in total. The average Bonchev–Trinajstić information content (AvgIpc) is 2.68. The minimum absolute atomic E-state index is 0.0781. The lowest BCUT2D eigenvalue weighted by Crippen LogP contribution is -2.46. The standard InChI is InChI=1S/C12H24ClNO2S/c1-12(2,3)11(8-9-13)14-17(15,16)10-6-4-5-7-10/h10-11,14H,4-9H2,1-3H3. The van der Waals surface area contributed by atoms with Crippen molar-refractivity contribution in [3.8, 4) is 0 Å². The molecule has 1 atom stereocenters. The molecule has 3 nitrogen and oxygen atoms in total. The molecule has 0 bridgehead atoms. The summed E-state index contributed by atoms with van der Waals surface area (Å²) in [6, 6.07) is -0.0781. The Bertz CT molecular complexity index is 329. The van der Waals surface area contributed by atoms with Crippen LogP contribution in [0.4, 0.5) is 0 Å². The first-order valence-corrected chi connectivity index (χ1v) is 8.42. The van der Waals surface area contributed by atoms with E-state index in [-0.39, 0.29) is 16.7 Å². The second-order valence-electron chi connectivity index (χ2n) is 5.97. The molecule has 102 valence electrons. The maximum Gasteiger partial charge on any atom is 0.214 e. The zero-order valence-electron chi connectivity index (χ0n) is 11.0. The number of alkyl halides is 1. The van der Waals surface area contributed by atoms with Crippen LogP contribution < -0.4 is 4.72 Å². The molecule has 0 saturated heterocycles. The van der Waals surface area contributed by atoms with E-state index < -0.39 is 10.0 Å². The monoisotopic (exact) mass is 281 g/mol. The van der Waals surface area contributed by atoms with Crippen LogP contribution in [0, 0.1) is 5.41 Å². The van der Waals surface area contributed by atoms with Gasteiger partial charge < -0.3 is 0 Å². The number of sulfonamides is 1. The van der Waals surface area contributed by atoms with Crippen LogP contribution in [0.1, 0.15) is 52.9 Å². The highest BCUT2D eigenvalue weighted by Crippen LogP contribution is 2.28. The highest BCUT2D eigenvalue weighted by Gasteiger charge is 2.34. The van der Waals surface area contributed by atoms with E-state index >= 15 is 0 Å². The predicted octanol–water partition coefficient (Wildman–Crippen LogP) is 2.89. The van der Waals surface area contributed by atoms with Crippen LogP contribution in [0.15, 0.2) is 0 Å². The Kier molecular flexibility index (Phi) is 5.29. The van der Waals surface area contributed by atoms with Crippen LogP contribution in [0.5, 0.6) is 0 Å². The van der Waals surface area contributed by atoms with Gasteiger partial charge in [0.15, 0.2) is 0 Å². The lowest BCUT2D eigenvalue weighted by atomic mass is 9.86. The number of hydrogen-bond acceptors (Lipinski definition) is 2. The van der Waals surface area contributed by atoms with Crippen molar-refractivity contribution in [3.05, 3.63) is 0 Å². The number of nitrogens with one attached hydrogen (secondary N) is 1. The van der Waals surface area contributed by atoms with Gasteiger partial charge in [-0.05, 0) is 24.7 Å². The van der Waals surface area contributed by atoms with E-state index in [9.17, 15) is 8.42 Å². The quantitative estimate of drug-likeness (QED) is 0.788. The van der Waals surface area contributed by atoms with Crippen molar-refractivity contribution in [1.29, 1.82) is 0 Å². The van der Waals surface area contributed by atoms with Gasteiger partial charge in [-0.2, -0.15) is 0 Å². The molecule has 1 aliphatic rings. The third-order valence-electron chi connectivity index (χ3n) is 3.49. The topological polar surface area (TPSA) is 46.2 Å². The summed E-state index contributed by atoms with van der Waals surface area (Å²) < 4.78 is 27.3. The minimum Gasteiger partial charge on any atom is -0.212 e. The zero-order chi connectivity index (χ0) is 13.1. The maximum absolute atomic E-state index is 12.2. The van der Waals surface area contributed by atoms with Gasteiger partial charge in [0.1, 0.15) is 0 Å². The summed E-state index contributed by atoms with van der Waals surface area (Å²) in [6.45, 7) is 6.13. The highest BCUT2D eigenvalue weighted by atomic mass is 35.5. The zero-order valence-corrected chi connectivity index (χ0v) is 12.6. The highest BCUT2D eigenvalue weighted by molar-refractivity contribution is 7.90. The SMILES string of the molecule is CC(C)(C)C(CCCl)NS(=O)(=O)C1CCCC1. The molecule has 1 unspecified atom stereocenters. The largest absolute Gasteiger partial charge is 0.214 e. The van der Waals surface area contributed by atoms with Crippen LogP contribution in [-0.2, 0) is 10.0 Å². The summed E-state index contributed by atoms with van der Waals surface area (Å²) in [6.07, 6.45) is 4.33. The van der Waals surface area contributed by atoms with Gasteiger partial charge in [-0.1, -0.05) is 33.6 Å². The first-order valence-electron chi connectivity index (χ1n) is 6.34. The fraction of sp³-hybridized carbons (Fsp3) is 1.00. The van der Waals surface area contributed by atoms with Gasteiger partial charge in [0, 0.05) is 11.9 Å².